The number of nitrogens with zero attached hydrogens (tertiary/aromatic N) is 1. The number of β-amino-alcohol motifs (C(OH)–C–C–N with tert-alkyl or cyclic N) is 2. The molecule has 1 aliphatic rings. The van der Waals surface area contributed by atoms with E-state index in [0.717, 1.165) is 0 Å². The van der Waals surface area contributed by atoms with Gasteiger partial charge in [0.05, 0.1) is 40.5 Å². The van der Waals surface area contributed by atoms with E-state index >= 15 is 0 Å². The zero-order valence-corrected chi connectivity index (χ0v) is 21.7. The van der Waals surface area contributed by atoms with Gasteiger partial charge in [0, 0.05) is 29.9 Å². The number of pyridine rings is 1. The number of rotatable bonds is 8. The Balaban J connectivity index is 1.60. The summed E-state index contributed by atoms with van der Waals surface area (Å²) in [4.78, 5) is 29.2. The van der Waals surface area contributed by atoms with Gasteiger partial charge in [-0.3, -0.25) is 20.2 Å². The van der Waals surface area contributed by atoms with Gasteiger partial charge in [-0.2, -0.15) is 0 Å². The number of nitrogens with two attached hydrogens (primary N) is 1. The van der Waals surface area contributed by atoms with E-state index in [2.05, 4.69) is 47.5 Å². The smallest absolute Gasteiger partial charge is 0.253 e. The van der Waals surface area contributed by atoms with Crippen LogP contribution in [-0.4, -0.2) is 70.2 Å². The highest BCUT2D eigenvalue weighted by atomic mass is 79.9. The molecule has 14 heteroatoms. The molecule has 1 fully saturated rings. The fraction of sp³-hybridized carbons (Fsp3) is 0.409. The summed E-state index contributed by atoms with van der Waals surface area (Å²) in [5.41, 5.74) is 6.89. The van der Waals surface area contributed by atoms with Crippen LogP contribution in [0.15, 0.2) is 28.9 Å². The van der Waals surface area contributed by atoms with Crippen LogP contribution in [-0.2, 0) is 4.79 Å². The molecule has 0 aliphatic carbocycles. The van der Waals surface area contributed by atoms with Gasteiger partial charge in [0.1, 0.15) is 17.9 Å². The first-order valence-electron chi connectivity index (χ1n) is 11.2. The Morgan fingerprint density at radius 3 is 2.56 bits per heavy atom. The average Bonchev–Trinajstić information content (AvgIpc) is 3.00. The predicted octanol–water partition coefficient (Wildman–Crippen LogP) is 0.393. The first-order chi connectivity index (χ1) is 17.1. The van der Waals surface area contributed by atoms with Crippen molar-refractivity contribution in [3.05, 3.63) is 45.0 Å². The van der Waals surface area contributed by atoms with Gasteiger partial charge in [-0.15, -0.1) is 0 Å². The molecule has 196 valence electrons. The van der Waals surface area contributed by atoms with Crippen LogP contribution in [0.4, 0.5) is 11.5 Å². The molecule has 1 aliphatic heterocycles. The number of nitrogen functional groups attached to an aromatic ring is 1. The fourth-order valence-electron chi connectivity index (χ4n) is 3.55. The lowest BCUT2D eigenvalue weighted by molar-refractivity contribution is -0.120. The number of phenols is 1. The van der Waals surface area contributed by atoms with E-state index < -0.39 is 36.4 Å². The number of amides is 2. The molecule has 3 rings (SSSR count). The summed E-state index contributed by atoms with van der Waals surface area (Å²) >= 11 is 9.31. The average molecular weight is 587 g/mol. The van der Waals surface area contributed by atoms with Crippen molar-refractivity contribution < 1.29 is 24.9 Å². The summed E-state index contributed by atoms with van der Waals surface area (Å²) in [5, 5.41) is 44.5. The Morgan fingerprint density at radius 1 is 1.25 bits per heavy atom. The highest BCUT2D eigenvalue weighted by Crippen LogP contribution is 2.36. The second-order valence-corrected chi connectivity index (χ2v) is 9.51. The Morgan fingerprint density at radius 2 is 1.92 bits per heavy atom. The number of aromatic nitrogens is 1. The standard InChI is InChI=1S/C22H29BrClN7O5/c1-2-14(12-4-11(24)5-13(23)19(12)35)30-18(34)9-27-21(36)10-3-15(20(25)26-6-10)31-22-28-7-16(32)17(33)8-29-22/h3-6,14,16-17,22,28-29,31-33,35H,2,7-9H2,1H3,(H2,25,26)(H,27,36)(H,30,34). The van der Waals surface area contributed by atoms with E-state index in [9.17, 15) is 24.9 Å². The summed E-state index contributed by atoms with van der Waals surface area (Å²) in [5.74, 6) is -0.895. The largest absolute Gasteiger partial charge is 0.506 e. The van der Waals surface area contributed by atoms with Crippen LogP contribution in [0, 0.1) is 0 Å². The lowest BCUT2D eigenvalue weighted by atomic mass is 10.0. The predicted molar refractivity (Wildman–Crippen MR) is 138 cm³/mol. The van der Waals surface area contributed by atoms with Crippen molar-refractivity contribution in [3.63, 3.8) is 0 Å². The molecule has 12 nitrogen and oxygen atoms in total. The van der Waals surface area contributed by atoms with E-state index in [-0.39, 0.29) is 36.8 Å². The Hall–Kier alpha value is -2.68. The topological polar surface area (TPSA) is 194 Å². The van der Waals surface area contributed by atoms with Crippen LogP contribution in [0.2, 0.25) is 5.02 Å². The number of hydrogen-bond acceptors (Lipinski definition) is 10. The fourth-order valence-corrected chi connectivity index (χ4v) is 4.39. The van der Waals surface area contributed by atoms with Gasteiger partial charge in [-0.05, 0) is 40.5 Å². The lowest BCUT2D eigenvalue weighted by Crippen LogP contribution is -2.47. The summed E-state index contributed by atoms with van der Waals surface area (Å²) in [6.07, 6.45) is -0.641. The molecule has 36 heavy (non-hydrogen) atoms. The molecule has 2 aromatic rings. The zero-order valence-electron chi connectivity index (χ0n) is 19.4. The third-order valence-electron chi connectivity index (χ3n) is 5.57. The zero-order chi connectivity index (χ0) is 26.4. The van der Waals surface area contributed by atoms with Gasteiger partial charge in [-0.25, -0.2) is 4.98 Å². The van der Waals surface area contributed by atoms with Crippen molar-refractivity contribution in [1.82, 2.24) is 26.3 Å². The van der Waals surface area contributed by atoms with Gasteiger partial charge in [0.2, 0.25) is 5.91 Å². The number of aliphatic hydroxyl groups is 2. The van der Waals surface area contributed by atoms with Crippen molar-refractivity contribution in [3.8, 4) is 5.75 Å². The number of anilines is 2. The highest BCUT2D eigenvalue weighted by molar-refractivity contribution is 9.10. The normalized spacial score (nSPS) is 20.8. The van der Waals surface area contributed by atoms with Crippen LogP contribution in [0.1, 0.15) is 35.3 Å². The number of nitrogens with one attached hydrogen (secondary N) is 5. The number of carbonyl (C=O) groups is 2. The molecule has 2 heterocycles. The third-order valence-corrected chi connectivity index (χ3v) is 6.40. The highest BCUT2D eigenvalue weighted by Gasteiger charge is 2.24. The Kier molecular flexibility index (Phi) is 9.70. The van der Waals surface area contributed by atoms with Gasteiger partial charge < -0.3 is 37.0 Å². The molecule has 1 aromatic heterocycles. The first kappa shape index (κ1) is 27.9. The number of halogens is 2. The van der Waals surface area contributed by atoms with E-state index in [1.165, 1.54) is 12.3 Å². The molecule has 0 radical (unpaired) electrons. The second-order valence-electron chi connectivity index (χ2n) is 8.22. The first-order valence-corrected chi connectivity index (χ1v) is 12.4. The third kappa shape index (κ3) is 7.18. The molecular weight excluding hydrogens is 558 g/mol. The molecule has 1 saturated heterocycles. The van der Waals surface area contributed by atoms with Gasteiger partial charge >= 0.3 is 0 Å². The van der Waals surface area contributed by atoms with Crippen LogP contribution in [0.25, 0.3) is 0 Å². The lowest BCUT2D eigenvalue weighted by Gasteiger charge is -2.21. The Labute approximate surface area is 221 Å². The van der Waals surface area contributed by atoms with Crippen LogP contribution < -0.4 is 32.3 Å². The Bertz CT molecular complexity index is 1100. The number of aliphatic hydroxyl groups excluding tert-OH is 2. The van der Waals surface area contributed by atoms with E-state index in [4.69, 9.17) is 17.3 Å². The molecule has 0 bridgehead atoms. The SMILES string of the molecule is CCC(NC(=O)CNC(=O)c1cnc(N)c(NC2NCC(O)C(O)CN2)c1)c1cc(Cl)cc(Br)c1O. The van der Waals surface area contributed by atoms with Crippen molar-refractivity contribution in [2.75, 3.05) is 30.7 Å². The maximum absolute atomic E-state index is 12.7. The minimum atomic E-state index is -0.931. The quantitative estimate of drug-likeness (QED) is 0.209. The number of benzene rings is 1. The number of aromatic hydroxyl groups is 1. The maximum Gasteiger partial charge on any atom is 0.253 e. The minimum absolute atomic E-state index is 0.0229. The summed E-state index contributed by atoms with van der Waals surface area (Å²) in [7, 11) is 0. The second kappa shape index (κ2) is 12.5. The monoisotopic (exact) mass is 585 g/mol. The van der Waals surface area contributed by atoms with E-state index in [1.807, 2.05) is 6.92 Å². The van der Waals surface area contributed by atoms with Crippen molar-refractivity contribution in [2.45, 2.75) is 37.9 Å². The molecular formula is C22H29BrClN7O5. The maximum atomic E-state index is 12.7. The summed E-state index contributed by atoms with van der Waals surface area (Å²) in [6.45, 7) is 1.80. The van der Waals surface area contributed by atoms with E-state index in [1.54, 1.807) is 12.1 Å². The van der Waals surface area contributed by atoms with Crippen molar-refractivity contribution in [1.29, 1.82) is 0 Å². The van der Waals surface area contributed by atoms with Gasteiger partial charge in [0.25, 0.3) is 5.91 Å². The molecule has 2 amide bonds. The van der Waals surface area contributed by atoms with E-state index in [0.29, 0.717) is 27.2 Å². The van der Waals surface area contributed by atoms with Crippen LogP contribution >= 0.6 is 27.5 Å². The molecule has 3 atom stereocenters. The minimum Gasteiger partial charge on any atom is -0.506 e. The number of hydrogen-bond donors (Lipinski definition) is 9. The number of phenolic OH excluding ortho intramolecular Hbond substituents is 1. The molecule has 0 saturated carbocycles. The van der Waals surface area contributed by atoms with Crippen molar-refractivity contribution in [2.24, 2.45) is 0 Å². The van der Waals surface area contributed by atoms with Gasteiger partial charge in [0.15, 0.2) is 0 Å². The van der Waals surface area contributed by atoms with Gasteiger partial charge in [-0.1, -0.05) is 18.5 Å². The molecule has 3 unspecified atom stereocenters. The summed E-state index contributed by atoms with van der Waals surface area (Å²) < 4.78 is 0.410. The number of carbonyl (C=O) groups excluding carboxylic acids is 2. The van der Waals surface area contributed by atoms with Crippen molar-refractivity contribution >= 4 is 50.9 Å². The molecule has 0 spiro atoms. The summed E-state index contributed by atoms with van der Waals surface area (Å²) in [6, 6.07) is 4.08. The molecule has 10 N–H and O–H groups in total. The van der Waals surface area contributed by atoms with Crippen LogP contribution in [0.3, 0.4) is 0 Å². The van der Waals surface area contributed by atoms with Crippen LogP contribution in [0.5, 0.6) is 5.75 Å². The molecule has 1 aromatic carbocycles.